The van der Waals surface area contributed by atoms with Crippen LogP contribution in [0.25, 0.3) is 0 Å². The van der Waals surface area contributed by atoms with Crippen LogP contribution in [0, 0.1) is 0 Å². The van der Waals surface area contributed by atoms with E-state index in [2.05, 4.69) is 36.8 Å². The highest BCUT2D eigenvalue weighted by Gasteiger charge is 2.12. The lowest BCUT2D eigenvalue weighted by Gasteiger charge is -1.99. The Morgan fingerprint density at radius 1 is 1.39 bits per heavy atom. The molecule has 2 heterocycles. The monoisotopic (exact) mass is 346 g/mol. The highest BCUT2D eigenvalue weighted by atomic mass is 79.9. The Morgan fingerprint density at radius 3 is 2.89 bits per heavy atom. The van der Waals surface area contributed by atoms with Crippen LogP contribution < -0.4 is 10.6 Å². The molecule has 2 rings (SSSR count). The molecule has 2 aromatic heterocycles. The Bertz CT molecular complexity index is 539. The van der Waals surface area contributed by atoms with Gasteiger partial charge in [0.1, 0.15) is 0 Å². The number of hydrogen-bond acceptors (Lipinski definition) is 6. The van der Waals surface area contributed by atoms with Crippen molar-refractivity contribution in [3.8, 4) is 0 Å². The summed E-state index contributed by atoms with van der Waals surface area (Å²) in [6, 6.07) is 3.93. The fourth-order valence-electron chi connectivity index (χ4n) is 1.23. The Labute approximate surface area is 121 Å². The maximum absolute atomic E-state index is 11.8. The summed E-state index contributed by atoms with van der Waals surface area (Å²) in [7, 11) is 0. The Hall–Kier alpha value is -0.990. The first-order valence-corrected chi connectivity index (χ1v) is 7.71. The van der Waals surface area contributed by atoms with Gasteiger partial charge in [-0.25, -0.2) is 0 Å². The van der Waals surface area contributed by atoms with Crippen LogP contribution in [0.2, 0.25) is 0 Å². The molecule has 2 aromatic rings. The first kappa shape index (κ1) is 13.4. The topological polar surface area (TPSA) is 66.9 Å². The number of carbonyl (C=O) groups is 1. The van der Waals surface area contributed by atoms with Gasteiger partial charge in [0.25, 0.3) is 5.91 Å². The molecule has 5 nitrogen and oxygen atoms in total. The van der Waals surface area contributed by atoms with Crippen molar-refractivity contribution in [3.05, 3.63) is 25.8 Å². The fraction of sp³-hybridized carbons (Fsp3) is 0.300. The molecule has 0 bridgehead atoms. The molecule has 0 aliphatic carbocycles. The molecule has 8 heteroatoms. The van der Waals surface area contributed by atoms with Crippen LogP contribution in [0.15, 0.2) is 15.9 Å². The smallest absolute Gasteiger partial charge is 0.282 e. The molecular formula is C10H11BrN4OS2. The van der Waals surface area contributed by atoms with Gasteiger partial charge in [-0.1, -0.05) is 11.3 Å². The molecule has 2 N–H and O–H groups in total. The quantitative estimate of drug-likeness (QED) is 0.873. The van der Waals surface area contributed by atoms with Crippen LogP contribution in [0.5, 0.6) is 0 Å². The third kappa shape index (κ3) is 3.50. The van der Waals surface area contributed by atoms with Crippen molar-refractivity contribution in [1.29, 1.82) is 0 Å². The van der Waals surface area contributed by atoms with Gasteiger partial charge in [0.05, 0.1) is 10.3 Å². The van der Waals surface area contributed by atoms with E-state index in [0.29, 0.717) is 16.7 Å². The number of nitrogens with one attached hydrogen (secondary N) is 2. The lowest BCUT2D eigenvalue weighted by molar-refractivity contribution is 0.0950. The van der Waals surface area contributed by atoms with E-state index in [4.69, 9.17) is 0 Å². The highest BCUT2D eigenvalue weighted by Crippen LogP contribution is 2.22. The molecule has 0 aliphatic rings. The summed E-state index contributed by atoms with van der Waals surface area (Å²) in [5.74, 6) is -0.193. The summed E-state index contributed by atoms with van der Waals surface area (Å²) in [5, 5.41) is 14.6. The van der Waals surface area contributed by atoms with E-state index in [9.17, 15) is 4.79 Å². The van der Waals surface area contributed by atoms with Crippen LogP contribution in [0.3, 0.4) is 0 Å². The number of amides is 1. The third-order valence-electron chi connectivity index (χ3n) is 2.00. The van der Waals surface area contributed by atoms with Gasteiger partial charge in [-0.2, -0.15) is 0 Å². The number of halogens is 1. The van der Waals surface area contributed by atoms with Gasteiger partial charge in [-0.3, -0.25) is 4.79 Å². The van der Waals surface area contributed by atoms with Crippen LogP contribution in [-0.2, 0) is 6.54 Å². The van der Waals surface area contributed by atoms with Gasteiger partial charge in [0, 0.05) is 11.4 Å². The van der Waals surface area contributed by atoms with Crippen molar-refractivity contribution < 1.29 is 4.79 Å². The minimum Gasteiger partial charge on any atom is -0.360 e. The van der Waals surface area contributed by atoms with Crippen LogP contribution >= 0.6 is 38.6 Å². The Balaban J connectivity index is 1.90. The normalized spacial score (nSPS) is 10.3. The number of rotatable bonds is 5. The predicted octanol–water partition coefficient (Wildman–Crippen LogP) is 2.72. The fourth-order valence-corrected chi connectivity index (χ4v) is 3.38. The third-order valence-corrected chi connectivity index (χ3v) is 4.50. The van der Waals surface area contributed by atoms with Gasteiger partial charge in [-0.15, -0.1) is 21.5 Å². The molecule has 0 spiro atoms. The SMILES string of the molecule is CCNc1nnc(C(=O)NCc2ccc(Br)s2)s1. The molecule has 0 aliphatic heterocycles. The lowest BCUT2D eigenvalue weighted by atomic mass is 10.4. The molecule has 18 heavy (non-hydrogen) atoms. The number of anilines is 1. The zero-order valence-electron chi connectivity index (χ0n) is 9.57. The molecule has 0 radical (unpaired) electrons. The molecule has 0 unspecified atom stereocenters. The molecule has 1 amide bonds. The van der Waals surface area contributed by atoms with Crippen LogP contribution in [-0.4, -0.2) is 22.6 Å². The summed E-state index contributed by atoms with van der Waals surface area (Å²) in [5.41, 5.74) is 0. The molecule has 0 atom stereocenters. The van der Waals surface area contributed by atoms with Gasteiger partial charge < -0.3 is 10.6 Å². The first-order chi connectivity index (χ1) is 8.69. The number of nitrogens with zero attached hydrogens (tertiary/aromatic N) is 2. The number of hydrogen-bond donors (Lipinski definition) is 2. The largest absolute Gasteiger partial charge is 0.360 e. The summed E-state index contributed by atoms with van der Waals surface area (Å²) in [6.45, 7) is 3.24. The number of aromatic nitrogens is 2. The molecular weight excluding hydrogens is 336 g/mol. The van der Waals surface area contributed by atoms with Gasteiger partial charge in [0.2, 0.25) is 10.1 Å². The summed E-state index contributed by atoms with van der Waals surface area (Å²) < 4.78 is 1.05. The standard InChI is InChI=1S/C10H11BrN4OS2/c1-2-12-10-15-14-9(18-10)8(16)13-5-6-3-4-7(11)17-6/h3-4H,2,5H2,1H3,(H,12,15)(H,13,16). The maximum Gasteiger partial charge on any atom is 0.282 e. The molecule has 0 saturated heterocycles. The molecule has 0 aromatic carbocycles. The first-order valence-electron chi connectivity index (χ1n) is 5.29. The van der Waals surface area contributed by atoms with Crippen molar-refractivity contribution in [1.82, 2.24) is 15.5 Å². The summed E-state index contributed by atoms with van der Waals surface area (Å²) in [4.78, 5) is 12.9. The van der Waals surface area contributed by atoms with E-state index >= 15 is 0 Å². The van der Waals surface area contributed by atoms with E-state index in [1.807, 2.05) is 19.1 Å². The van der Waals surface area contributed by atoms with E-state index < -0.39 is 0 Å². The van der Waals surface area contributed by atoms with Gasteiger partial charge >= 0.3 is 0 Å². The lowest BCUT2D eigenvalue weighted by Crippen LogP contribution is -2.22. The van der Waals surface area contributed by atoms with E-state index in [1.54, 1.807) is 11.3 Å². The second-order valence-corrected chi connectivity index (χ2v) is 6.86. The van der Waals surface area contributed by atoms with Crippen molar-refractivity contribution in [3.63, 3.8) is 0 Å². The molecule has 96 valence electrons. The van der Waals surface area contributed by atoms with E-state index in [0.717, 1.165) is 15.2 Å². The molecule has 0 saturated carbocycles. The van der Waals surface area contributed by atoms with Gasteiger partial charge in [-0.05, 0) is 35.0 Å². The Kier molecular flexibility index (Phi) is 4.67. The minimum absolute atomic E-state index is 0.193. The average molecular weight is 347 g/mol. The van der Waals surface area contributed by atoms with Crippen molar-refractivity contribution in [2.75, 3.05) is 11.9 Å². The van der Waals surface area contributed by atoms with Crippen molar-refractivity contribution in [2.24, 2.45) is 0 Å². The second-order valence-electron chi connectivity index (χ2n) is 3.33. The zero-order valence-corrected chi connectivity index (χ0v) is 12.8. The zero-order chi connectivity index (χ0) is 13.0. The predicted molar refractivity (Wildman–Crippen MR) is 77.3 cm³/mol. The second kappa shape index (κ2) is 6.26. The van der Waals surface area contributed by atoms with Crippen molar-refractivity contribution in [2.45, 2.75) is 13.5 Å². The number of thiophene rings is 1. The molecule has 0 fully saturated rings. The van der Waals surface area contributed by atoms with Gasteiger partial charge in [0.15, 0.2) is 0 Å². The van der Waals surface area contributed by atoms with Crippen LogP contribution in [0.4, 0.5) is 5.13 Å². The van der Waals surface area contributed by atoms with E-state index in [-0.39, 0.29) is 5.91 Å². The summed E-state index contributed by atoms with van der Waals surface area (Å²) in [6.07, 6.45) is 0. The highest BCUT2D eigenvalue weighted by molar-refractivity contribution is 9.11. The van der Waals surface area contributed by atoms with Crippen LogP contribution in [0.1, 0.15) is 21.6 Å². The maximum atomic E-state index is 11.8. The number of carbonyl (C=O) groups excluding carboxylic acids is 1. The average Bonchev–Trinajstić information content (AvgIpc) is 2.96. The van der Waals surface area contributed by atoms with Crippen molar-refractivity contribution >= 4 is 49.6 Å². The van der Waals surface area contributed by atoms with E-state index in [1.165, 1.54) is 11.3 Å². The Morgan fingerprint density at radius 2 is 2.22 bits per heavy atom. The minimum atomic E-state index is -0.193. The summed E-state index contributed by atoms with van der Waals surface area (Å²) >= 11 is 6.23.